The van der Waals surface area contributed by atoms with Crippen molar-refractivity contribution in [1.29, 1.82) is 0 Å². The Labute approximate surface area is 143 Å². The lowest BCUT2D eigenvalue weighted by molar-refractivity contribution is -0.00000583. The molecular formula is C18H21ClFNO2. The summed E-state index contributed by atoms with van der Waals surface area (Å²) in [4.78, 5) is 0. The first-order chi connectivity index (χ1) is 10.8. The van der Waals surface area contributed by atoms with Crippen LogP contribution in [0.1, 0.15) is 19.8 Å². The summed E-state index contributed by atoms with van der Waals surface area (Å²) in [6.45, 7) is 2.21. The lowest BCUT2D eigenvalue weighted by Gasteiger charge is -2.12. The van der Waals surface area contributed by atoms with Crippen LogP contribution in [0.3, 0.4) is 0 Å². The second-order valence-corrected chi connectivity index (χ2v) is 5.49. The minimum atomic E-state index is -0.234. The van der Waals surface area contributed by atoms with E-state index >= 15 is 0 Å². The van der Waals surface area contributed by atoms with Crippen LogP contribution in [0.25, 0.3) is 0 Å². The van der Waals surface area contributed by atoms with Crippen LogP contribution in [0, 0.1) is 5.82 Å². The van der Waals surface area contributed by atoms with Crippen molar-refractivity contribution in [1.82, 2.24) is 5.32 Å². The van der Waals surface area contributed by atoms with E-state index in [0.29, 0.717) is 19.3 Å². The average molecular weight is 338 g/mol. The van der Waals surface area contributed by atoms with Gasteiger partial charge in [-0.25, -0.2) is 4.39 Å². The maximum atomic E-state index is 12.8. The first kappa shape index (κ1) is 17.6. The summed E-state index contributed by atoms with van der Waals surface area (Å²) in [5.41, 5.74) is 0.939. The molecule has 0 aliphatic carbocycles. The van der Waals surface area contributed by atoms with Gasteiger partial charge >= 0.3 is 1.43 Å². The van der Waals surface area contributed by atoms with Gasteiger partial charge in [-0.1, -0.05) is 12.1 Å². The van der Waals surface area contributed by atoms with Crippen LogP contribution >= 0.6 is 0 Å². The normalized spacial score (nSPS) is 16.7. The fourth-order valence-corrected chi connectivity index (χ4v) is 2.48. The van der Waals surface area contributed by atoms with Gasteiger partial charge in [0, 0.05) is 6.04 Å². The highest BCUT2D eigenvalue weighted by Crippen LogP contribution is 2.19. The smallest absolute Gasteiger partial charge is 1.00 e. The zero-order valence-corrected chi connectivity index (χ0v) is 13.6. The summed E-state index contributed by atoms with van der Waals surface area (Å²) >= 11 is 0. The minimum Gasteiger partial charge on any atom is -1.00 e. The molecule has 1 atom stereocenters. The molecule has 0 saturated carbocycles. The highest BCUT2D eigenvalue weighted by Gasteiger charge is 2.14. The first-order valence-corrected chi connectivity index (χ1v) is 7.63. The fraction of sp³-hybridized carbons (Fsp3) is 0.333. The Morgan fingerprint density at radius 1 is 1.00 bits per heavy atom. The number of hydrogen-bond donors (Lipinski definition) is 1. The average Bonchev–Trinajstić information content (AvgIpc) is 3.07. The van der Waals surface area contributed by atoms with Crippen LogP contribution in [0.4, 0.5) is 4.39 Å². The molecule has 5 heteroatoms. The maximum absolute atomic E-state index is 12.8. The lowest BCUT2D eigenvalue weighted by atomic mass is 10.2. The standard InChI is InChI=1S/C18H20FNO2.ClH/c19-15-5-3-14(4-6-15)12-21-17-7-9-18(10-8-17)22-13-16-2-1-11-20-16;/h3-10,16,20H,1-2,11-13H2;1H/t16-;/m1./s1. The molecule has 0 aromatic heterocycles. The number of benzene rings is 2. The number of ether oxygens (including phenoxy) is 2. The summed E-state index contributed by atoms with van der Waals surface area (Å²) in [7, 11) is 0. The van der Waals surface area contributed by atoms with Gasteiger partial charge in [0.2, 0.25) is 0 Å². The molecular weight excluding hydrogens is 317 g/mol. The van der Waals surface area contributed by atoms with Crippen molar-refractivity contribution in [3.05, 3.63) is 59.9 Å². The number of halogens is 2. The Balaban J connectivity index is 0.00000144. The van der Waals surface area contributed by atoms with E-state index in [2.05, 4.69) is 5.32 Å². The summed E-state index contributed by atoms with van der Waals surface area (Å²) in [6, 6.07) is 14.4. The van der Waals surface area contributed by atoms with Crippen LogP contribution in [0.2, 0.25) is 0 Å². The van der Waals surface area contributed by atoms with Crippen molar-refractivity contribution < 1.29 is 27.7 Å². The zero-order valence-electron chi connectivity index (χ0n) is 13.8. The van der Waals surface area contributed by atoms with Gasteiger partial charge in [0.1, 0.15) is 30.5 Å². The van der Waals surface area contributed by atoms with Crippen molar-refractivity contribution in [3.63, 3.8) is 0 Å². The predicted molar refractivity (Wildman–Crippen MR) is 84.8 cm³/mol. The molecule has 1 aliphatic rings. The van der Waals surface area contributed by atoms with E-state index in [0.717, 1.165) is 23.6 Å². The van der Waals surface area contributed by atoms with Crippen molar-refractivity contribution in [2.75, 3.05) is 13.2 Å². The maximum Gasteiger partial charge on any atom is 1.00 e. The van der Waals surface area contributed by atoms with E-state index < -0.39 is 0 Å². The van der Waals surface area contributed by atoms with E-state index in [4.69, 9.17) is 9.47 Å². The van der Waals surface area contributed by atoms with Crippen molar-refractivity contribution in [2.24, 2.45) is 0 Å². The van der Waals surface area contributed by atoms with Crippen LogP contribution in [0.5, 0.6) is 11.5 Å². The topological polar surface area (TPSA) is 30.5 Å². The van der Waals surface area contributed by atoms with Gasteiger partial charge in [0.15, 0.2) is 0 Å². The Morgan fingerprint density at radius 2 is 1.65 bits per heavy atom. The lowest BCUT2D eigenvalue weighted by Crippen LogP contribution is -3.00. The van der Waals surface area contributed by atoms with Gasteiger partial charge in [-0.3, -0.25) is 0 Å². The second-order valence-electron chi connectivity index (χ2n) is 5.49. The third kappa shape index (κ3) is 5.41. The monoisotopic (exact) mass is 337 g/mol. The van der Waals surface area contributed by atoms with Gasteiger partial charge in [-0.05, 0) is 61.3 Å². The van der Waals surface area contributed by atoms with Crippen LogP contribution in [-0.4, -0.2) is 19.2 Å². The molecule has 2 aromatic rings. The molecule has 3 nitrogen and oxygen atoms in total. The molecule has 0 bridgehead atoms. The van der Waals surface area contributed by atoms with Crippen LogP contribution < -0.4 is 27.2 Å². The van der Waals surface area contributed by atoms with Crippen molar-refractivity contribution in [3.8, 4) is 11.5 Å². The fourth-order valence-electron chi connectivity index (χ4n) is 2.48. The van der Waals surface area contributed by atoms with E-state index in [1.807, 2.05) is 24.3 Å². The minimum absolute atomic E-state index is 0. The van der Waals surface area contributed by atoms with Gasteiger partial charge in [-0.2, -0.15) is 0 Å². The molecule has 2 aromatic carbocycles. The summed E-state index contributed by atoms with van der Waals surface area (Å²) in [5.74, 6) is 1.39. The summed E-state index contributed by atoms with van der Waals surface area (Å²) in [6.07, 6.45) is 2.41. The van der Waals surface area contributed by atoms with Gasteiger partial charge < -0.3 is 27.2 Å². The van der Waals surface area contributed by atoms with Crippen molar-refractivity contribution in [2.45, 2.75) is 25.5 Å². The van der Waals surface area contributed by atoms with Gasteiger partial charge in [0.25, 0.3) is 0 Å². The molecule has 1 aliphatic heterocycles. The quantitative estimate of drug-likeness (QED) is 0.839. The number of rotatable bonds is 6. The zero-order chi connectivity index (χ0) is 15.2. The van der Waals surface area contributed by atoms with Crippen LogP contribution in [0.15, 0.2) is 48.5 Å². The summed E-state index contributed by atoms with van der Waals surface area (Å²) < 4.78 is 24.3. The van der Waals surface area contributed by atoms with Crippen molar-refractivity contribution >= 4 is 0 Å². The highest BCUT2D eigenvalue weighted by atomic mass is 35.5. The molecule has 124 valence electrons. The molecule has 1 N–H and O–H groups in total. The Morgan fingerprint density at radius 3 is 2.26 bits per heavy atom. The van der Waals surface area contributed by atoms with Gasteiger partial charge in [-0.15, -0.1) is 0 Å². The third-order valence-electron chi connectivity index (χ3n) is 3.76. The van der Waals surface area contributed by atoms with E-state index in [9.17, 15) is 4.39 Å². The Bertz CT molecular complexity index is 589. The molecule has 0 radical (unpaired) electrons. The van der Waals surface area contributed by atoms with Gasteiger partial charge in [0.05, 0.1) is 0 Å². The largest absolute Gasteiger partial charge is 1.00 e. The Kier molecular flexibility index (Phi) is 6.68. The third-order valence-corrected chi connectivity index (χ3v) is 3.76. The molecule has 0 unspecified atom stereocenters. The second kappa shape index (κ2) is 8.75. The van der Waals surface area contributed by atoms with E-state index in [-0.39, 0.29) is 19.7 Å². The van der Waals surface area contributed by atoms with E-state index in [1.165, 1.54) is 25.0 Å². The van der Waals surface area contributed by atoms with Crippen LogP contribution in [-0.2, 0) is 6.61 Å². The number of hydrogen-bond acceptors (Lipinski definition) is 3. The molecule has 0 amide bonds. The Hall–Kier alpha value is -1.78. The summed E-state index contributed by atoms with van der Waals surface area (Å²) in [5, 5.41) is 3.40. The van der Waals surface area contributed by atoms with E-state index in [1.54, 1.807) is 12.1 Å². The molecule has 3 rings (SSSR count). The molecule has 23 heavy (non-hydrogen) atoms. The number of nitrogens with one attached hydrogen (secondary N) is 1. The molecule has 1 fully saturated rings. The molecule has 1 saturated heterocycles. The highest BCUT2D eigenvalue weighted by molar-refractivity contribution is 5.31. The SMILES string of the molecule is Fc1ccc(COc2ccc(OC[C@H]3CCCN3)cc2)cc1.[Cl-].[H+]. The predicted octanol–water partition coefficient (Wildman–Crippen LogP) is 0.652. The first-order valence-electron chi connectivity index (χ1n) is 7.63. The molecule has 0 spiro atoms. The molecule has 1 heterocycles.